The van der Waals surface area contributed by atoms with Crippen LogP contribution in [0.1, 0.15) is 35.3 Å². The SMILES string of the molecule is CCOc1ccc(C(c2c(O)cc(C)n(Cc3ccccc3)c2=O)N2CCN(CCO)CC2)cc1. The highest BCUT2D eigenvalue weighted by atomic mass is 16.5. The van der Waals surface area contributed by atoms with Gasteiger partial charge in [0.1, 0.15) is 11.5 Å². The number of aryl methyl sites for hydroxylation is 1. The number of ether oxygens (including phenoxy) is 1. The van der Waals surface area contributed by atoms with Crippen LogP contribution in [0.2, 0.25) is 0 Å². The Hall–Kier alpha value is -3.13. The highest BCUT2D eigenvalue weighted by molar-refractivity contribution is 5.42. The van der Waals surface area contributed by atoms with Crippen LogP contribution in [0.3, 0.4) is 0 Å². The first-order valence-corrected chi connectivity index (χ1v) is 12.3. The molecule has 1 aliphatic rings. The van der Waals surface area contributed by atoms with Crippen molar-refractivity contribution in [2.24, 2.45) is 0 Å². The molecule has 3 aromatic rings. The molecule has 2 aromatic carbocycles. The third-order valence-electron chi connectivity index (χ3n) is 6.67. The molecule has 1 aliphatic heterocycles. The minimum atomic E-state index is -0.392. The fourth-order valence-corrected chi connectivity index (χ4v) is 4.85. The Morgan fingerprint density at radius 3 is 2.31 bits per heavy atom. The Labute approximate surface area is 206 Å². The second-order valence-electron chi connectivity index (χ2n) is 8.97. The van der Waals surface area contributed by atoms with Gasteiger partial charge in [0.2, 0.25) is 0 Å². The molecule has 1 unspecified atom stereocenters. The van der Waals surface area contributed by atoms with Crippen molar-refractivity contribution in [1.82, 2.24) is 14.4 Å². The predicted octanol–water partition coefficient (Wildman–Crippen LogP) is 3.01. The summed E-state index contributed by atoms with van der Waals surface area (Å²) in [7, 11) is 0. The number of aromatic hydroxyl groups is 1. The molecule has 4 rings (SSSR count). The van der Waals surface area contributed by atoms with Gasteiger partial charge in [-0.3, -0.25) is 14.6 Å². The molecular weight excluding hydrogens is 442 g/mol. The number of piperazine rings is 1. The third-order valence-corrected chi connectivity index (χ3v) is 6.67. The van der Waals surface area contributed by atoms with Gasteiger partial charge in [-0.25, -0.2) is 0 Å². The van der Waals surface area contributed by atoms with E-state index in [9.17, 15) is 15.0 Å². The molecule has 7 nitrogen and oxygen atoms in total. The van der Waals surface area contributed by atoms with E-state index in [0.29, 0.717) is 25.3 Å². The van der Waals surface area contributed by atoms with E-state index >= 15 is 0 Å². The quantitative estimate of drug-likeness (QED) is 0.493. The van der Waals surface area contributed by atoms with Gasteiger partial charge in [0.25, 0.3) is 5.56 Å². The summed E-state index contributed by atoms with van der Waals surface area (Å²) in [5, 5.41) is 20.4. The molecule has 2 N–H and O–H groups in total. The number of pyridine rings is 1. The fourth-order valence-electron chi connectivity index (χ4n) is 4.85. The van der Waals surface area contributed by atoms with Gasteiger partial charge < -0.3 is 19.5 Å². The van der Waals surface area contributed by atoms with Gasteiger partial charge >= 0.3 is 0 Å². The van der Waals surface area contributed by atoms with Crippen LogP contribution in [-0.2, 0) is 6.54 Å². The Morgan fingerprint density at radius 1 is 1.00 bits per heavy atom. The first kappa shape index (κ1) is 25.0. The van der Waals surface area contributed by atoms with Crippen molar-refractivity contribution >= 4 is 0 Å². The van der Waals surface area contributed by atoms with Gasteiger partial charge in [0, 0.05) is 38.4 Å². The molecule has 2 heterocycles. The Kier molecular flexibility index (Phi) is 8.23. The second-order valence-corrected chi connectivity index (χ2v) is 8.97. The van der Waals surface area contributed by atoms with Gasteiger partial charge in [-0.2, -0.15) is 0 Å². The van der Waals surface area contributed by atoms with E-state index in [4.69, 9.17) is 4.74 Å². The maximum Gasteiger partial charge on any atom is 0.259 e. The van der Waals surface area contributed by atoms with E-state index in [-0.39, 0.29) is 17.9 Å². The van der Waals surface area contributed by atoms with Crippen LogP contribution in [0.4, 0.5) is 0 Å². The molecule has 1 aromatic heterocycles. The zero-order valence-corrected chi connectivity index (χ0v) is 20.6. The monoisotopic (exact) mass is 477 g/mol. The van der Waals surface area contributed by atoms with E-state index in [1.807, 2.05) is 68.4 Å². The number of hydrogen-bond acceptors (Lipinski definition) is 6. The first-order valence-electron chi connectivity index (χ1n) is 12.3. The van der Waals surface area contributed by atoms with Crippen LogP contribution in [0.15, 0.2) is 65.5 Å². The van der Waals surface area contributed by atoms with Crippen LogP contribution in [0, 0.1) is 6.92 Å². The van der Waals surface area contributed by atoms with E-state index < -0.39 is 6.04 Å². The largest absolute Gasteiger partial charge is 0.507 e. The van der Waals surface area contributed by atoms with Crippen molar-refractivity contribution in [2.45, 2.75) is 26.4 Å². The van der Waals surface area contributed by atoms with Gasteiger partial charge in [-0.05, 0) is 43.2 Å². The lowest BCUT2D eigenvalue weighted by Gasteiger charge is -2.39. The molecule has 0 spiro atoms. The summed E-state index contributed by atoms with van der Waals surface area (Å²) in [6, 6.07) is 19.0. The minimum Gasteiger partial charge on any atom is -0.507 e. The van der Waals surface area contributed by atoms with Gasteiger partial charge in [-0.1, -0.05) is 42.5 Å². The minimum absolute atomic E-state index is 0.0217. The molecule has 0 radical (unpaired) electrons. The molecule has 0 aliphatic carbocycles. The van der Waals surface area contributed by atoms with E-state index in [1.165, 1.54) is 0 Å². The summed E-state index contributed by atoms with van der Waals surface area (Å²) < 4.78 is 7.37. The number of nitrogens with zero attached hydrogens (tertiary/aromatic N) is 3. The summed E-state index contributed by atoms with van der Waals surface area (Å²) in [5.41, 5.74) is 2.91. The highest BCUT2D eigenvalue weighted by Gasteiger charge is 2.31. The molecule has 1 fully saturated rings. The smallest absolute Gasteiger partial charge is 0.259 e. The second kappa shape index (κ2) is 11.5. The lowest BCUT2D eigenvalue weighted by molar-refractivity contribution is 0.0932. The zero-order chi connectivity index (χ0) is 24.8. The zero-order valence-electron chi connectivity index (χ0n) is 20.6. The van der Waals surface area contributed by atoms with Crippen molar-refractivity contribution in [1.29, 1.82) is 0 Å². The summed E-state index contributed by atoms with van der Waals surface area (Å²) in [6.07, 6.45) is 0. The molecule has 186 valence electrons. The Bertz CT molecular complexity index is 1150. The van der Waals surface area contributed by atoms with Crippen LogP contribution in [0.25, 0.3) is 0 Å². The van der Waals surface area contributed by atoms with Gasteiger partial charge in [-0.15, -0.1) is 0 Å². The van der Waals surface area contributed by atoms with Crippen LogP contribution in [0.5, 0.6) is 11.5 Å². The van der Waals surface area contributed by atoms with Gasteiger partial charge in [0.15, 0.2) is 0 Å². The van der Waals surface area contributed by atoms with Crippen LogP contribution in [-0.4, -0.2) is 70.5 Å². The molecule has 0 bridgehead atoms. The van der Waals surface area contributed by atoms with Crippen molar-refractivity contribution in [3.8, 4) is 11.5 Å². The van der Waals surface area contributed by atoms with Crippen molar-refractivity contribution in [3.05, 3.63) is 93.4 Å². The van der Waals surface area contributed by atoms with E-state index in [0.717, 1.165) is 48.7 Å². The normalized spacial score (nSPS) is 15.7. The van der Waals surface area contributed by atoms with Gasteiger partial charge in [0.05, 0.1) is 31.4 Å². The standard InChI is InChI=1S/C28H35N3O4/c1-3-35-24-11-9-23(10-12-24)27(30-15-13-29(14-16-30)17-18-32)26-25(33)19-21(2)31(28(26)34)20-22-7-5-4-6-8-22/h4-12,19,27,32-33H,3,13-18,20H2,1-2H3. The summed E-state index contributed by atoms with van der Waals surface area (Å²) >= 11 is 0. The van der Waals surface area contributed by atoms with E-state index in [1.54, 1.807) is 10.6 Å². The summed E-state index contributed by atoms with van der Waals surface area (Å²) in [5.74, 6) is 0.797. The van der Waals surface area contributed by atoms with E-state index in [2.05, 4.69) is 9.80 Å². The highest BCUT2D eigenvalue weighted by Crippen LogP contribution is 2.34. The predicted molar refractivity (Wildman–Crippen MR) is 137 cm³/mol. The van der Waals surface area contributed by atoms with Crippen LogP contribution >= 0.6 is 0 Å². The summed E-state index contributed by atoms with van der Waals surface area (Å²) in [4.78, 5) is 18.4. The molecule has 7 heteroatoms. The lowest BCUT2D eigenvalue weighted by Crippen LogP contribution is -2.49. The average molecular weight is 478 g/mol. The lowest BCUT2D eigenvalue weighted by atomic mass is 9.95. The number of β-amino-alcohol motifs (C(OH)–C–C–N with tert-alkyl or cyclic N) is 1. The number of hydrogen-bond donors (Lipinski definition) is 2. The number of aromatic nitrogens is 1. The Balaban J connectivity index is 1.76. The molecule has 1 atom stereocenters. The average Bonchev–Trinajstić information content (AvgIpc) is 2.87. The maximum atomic E-state index is 13.9. The Morgan fingerprint density at radius 2 is 1.69 bits per heavy atom. The molecule has 35 heavy (non-hydrogen) atoms. The van der Waals surface area contributed by atoms with Crippen LogP contribution < -0.4 is 10.3 Å². The maximum absolute atomic E-state index is 13.9. The topological polar surface area (TPSA) is 78.2 Å². The molecular formula is C28H35N3O4. The number of rotatable bonds is 9. The fraction of sp³-hybridized carbons (Fsp3) is 0.393. The number of aliphatic hydroxyl groups is 1. The number of benzene rings is 2. The molecule has 0 amide bonds. The van der Waals surface area contributed by atoms with Crippen molar-refractivity contribution < 1.29 is 14.9 Å². The number of aliphatic hydroxyl groups excluding tert-OH is 1. The van der Waals surface area contributed by atoms with Crippen molar-refractivity contribution in [3.63, 3.8) is 0 Å². The van der Waals surface area contributed by atoms with Crippen molar-refractivity contribution in [2.75, 3.05) is 45.9 Å². The molecule has 1 saturated heterocycles. The summed E-state index contributed by atoms with van der Waals surface area (Å²) in [6.45, 7) is 8.63. The first-order chi connectivity index (χ1) is 17.0. The third kappa shape index (κ3) is 5.75. The molecule has 0 saturated carbocycles.